The molecule has 0 aliphatic rings. The van der Waals surface area contributed by atoms with Crippen molar-refractivity contribution in [3.63, 3.8) is 0 Å². The first-order valence-corrected chi connectivity index (χ1v) is 5.28. The van der Waals surface area contributed by atoms with E-state index in [2.05, 4.69) is 10.6 Å². The first-order chi connectivity index (χ1) is 7.06. The van der Waals surface area contributed by atoms with Crippen LogP contribution in [0.5, 0.6) is 0 Å². The predicted molar refractivity (Wildman–Crippen MR) is 61.1 cm³/mol. The highest BCUT2D eigenvalue weighted by Crippen LogP contribution is 1.99. The highest BCUT2D eigenvalue weighted by atomic mass is 32.2. The Morgan fingerprint density at radius 1 is 1.73 bits per heavy atom. The molecule has 0 fully saturated rings. The van der Waals surface area contributed by atoms with Gasteiger partial charge in [0.1, 0.15) is 0 Å². The van der Waals surface area contributed by atoms with Crippen molar-refractivity contribution in [1.82, 2.24) is 10.6 Å². The van der Waals surface area contributed by atoms with E-state index >= 15 is 0 Å². The van der Waals surface area contributed by atoms with Gasteiger partial charge in [0, 0.05) is 19.3 Å². The number of hydrogen-bond acceptors (Lipinski definition) is 6. The minimum atomic E-state index is -0.525. The number of amidine groups is 1. The van der Waals surface area contributed by atoms with Crippen molar-refractivity contribution < 1.29 is 4.92 Å². The van der Waals surface area contributed by atoms with Crippen molar-refractivity contribution in [2.24, 2.45) is 5.73 Å². The van der Waals surface area contributed by atoms with E-state index in [9.17, 15) is 10.1 Å². The van der Waals surface area contributed by atoms with Crippen LogP contribution < -0.4 is 16.4 Å². The number of thioether (sulfide) groups is 1. The van der Waals surface area contributed by atoms with Crippen LogP contribution in [0.25, 0.3) is 0 Å². The van der Waals surface area contributed by atoms with Crippen molar-refractivity contribution >= 4 is 16.9 Å². The van der Waals surface area contributed by atoms with Crippen LogP contribution in [-0.2, 0) is 0 Å². The quantitative estimate of drug-likeness (QED) is 0.160. The van der Waals surface area contributed by atoms with Crippen LogP contribution in [0.3, 0.4) is 0 Å². The van der Waals surface area contributed by atoms with Crippen LogP contribution in [-0.4, -0.2) is 29.4 Å². The summed E-state index contributed by atoms with van der Waals surface area (Å²) in [5.74, 6) is 1.09. The first kappa shape index (κ1) is 13.6. The molecule has 0 bridgehead atoms. The molecule has 0 aromatic carbocycles. The molecular weight excluding hydrogens is 218 g/mol. The lowest BCUT2D eigenvalue weighted by atomic mass is 10.5. The van der Waals surface area contributed by atoms with Crippen LogP contribution in [0.4, 0.5) is 0 Å². The van der Waals surface area contributed by atoms with Gasteiger partial charge in [-0.1, -0.05) is 11.8 Å². The Balaban J connectivity index is 3.64. The van der Waals surface area contributed by atoms with Gasteiger partial charge in [0.25, 0.3) is 6.20 Å². The molecule has 0 heterocycles. The molecule has 0 aliphatic carbocycles. The molecule has 0 radical (unpaired) electrons. The second-order valence-corrected chi connectivity index (χ2v) is 3.71. The van der Waals surface area contributed by atoms with Crippen molar-refractivity contribution in [3.8, 4) is 0 Å². The fraction of sp³-hybridized carbons (Fsp3) is 0.571. The van der Waals surface area contributed by atoms with Crippen LogP contribution in [0.1, 0.15) is 6.42 Å². The average molecular weight is 233 g/mol. The van der Waals surface area contributed by atoms with E-state index in [1.165, 1.54) is 11.8 Å². The minimum absolute atomic E-state index is 0.0877. The average Bonchev–Trinajstić information content (AvgIpc) is 2.14. The molecule has 8 heteroatoms. The van der Waals surface area contributed by atoms with Crippen molar-refractivity contribution in [2.45, 2.75) is 6.42 Å². The van der Waals surface area contributed by atoms with Gasteiger partial charge in [-0.15, -0.1) is 0 Å². The SMILES string of the molecule is CN/C(=C\[N+](=O)[O-])NCCCSC(=N)N. The molecule has 0 unspecified atom stereocenters. The summed E-state index contributed by atoms with van der Waals surface area (Å²) in [5, 5.41) is 22.7. The molecule has 0 saturated carbocycles. The van der Waals surface area contributed by atoms with Crippen LogP contribution >= 0.6 is 11.8 Å². The molecule has 7 nitrogen and oxygen atoms in total. The summed E-state index contributed by atoms with van der Waals surface area (Å²) in [7, 11) is 1.60. The lowest BCUT2D eigenvalue weighted by Crippen LogP contribution is -2.25. The molecule has 0 rings (SSSR count). The molecule has 0 amide bonds. The molecule has 15 heavy (non-hydrogen) atoms. The maximum absolute atomic E-state index is 10.1. The largest absolute Gasteiger partial charge is 0.379 e. The second kappa shape index (κ2) is 7.92. The summed E-state index contributed by atoms with van der Waals surface area (Å²) in [4.78, 5) is 9.62. The van der Waals surface area contributed by atoms with Gasteiger partial charge >= 0.3 is 0 Å². The normalized spacial score (nSPS) is 10.9. The van der Waals surface area contributed by atoms with Gasteiger partial charge in [0.05, 0.1) is 4.92 Å². The highest BCUT2D eigenvalue weighted by Gasteiger charge is 1.99. The van der Waals surface area contributed by atoms with Crippen LogP contribution in [0.15, 0.2) is 12.0 Å². The zero-order valence-electron chi connectivity index (χ0n) is 8.45. The summed E-state index contributed by atoms with van der Waals surface area (Å²) < 4.78 is 0. The molecule has 0 aromatic rings. The Morgan fingerprint density at radius 3 is 2.87 bits per heavy atom. The molecule has 86 valence electrons. The minimum Gasteiger partial charge on any atom is -0.379 e. The number of nitrogens with two attached hydrogens (primary N) is 1. The van der Waals surface area contributed by atoms with Crippen molar-refractivity contribution in [2.75, 3.05) is 19.3 Å². The molecular formula is C7H15N5O2S. The van der Waals surface area contributed by atoms with Crippen LogP contribution in [0, 0.1) is 15.5 Å². The molecule has 0 aliphatic heterocycles. The van der Waals surface area contributed by atoms with E-state index in [1.54, 1.807) is 7.05 Å². The molecule has 0 spiro atoms. The van der Waals surface area contributed by atoms with Gasteiger partial charge in [-0.2, -0.15) is 0 Å². The number of nitrogens with zero attached hydrogens (tertiary/aromatic N) is 1. The smallest absolute Gasteiger partial charge is 0.274 e. The Morgan fingerprint density at radius 2 is 2.40 bits per heavy atom. The maximum Gasteiger partial charge on any atom is 0.274 e. The fourth-order valence-electron chi connectivity index (χ4n) is 0.781. The van der Waals surface area contributed by atoms with Gasteiger partial charge < -0.3 is 16.4 Å². The standard InChI is InChI=1S/C7H15N5O2S/c1-10-6(5-12(13)14)11-3-2-4-15-7(8)9/h5,10-11H,2-4H2,1H3,(H3,8,9)/b6-5+. The monoisotopic (exact) mass is 233 g/mol. The zero-order valence-corrected chi connectivity index (χ0v) is 9.26. The number of rotatable bonds is 7. The third-order valence-electron chi connectivity index (χ3n) is 1.40. The van der Waals surface area contributed by atoms with E-state index in [0.29, 0.717) is 12.4 Å². The maximum atomic E-state index is 10.1. The van der Waals surface area contributed by atoms with E-state index in [4.69, 9.17) is 11.1 Å². The molecule has 0 atom stereocenters. The van der Waals surface area contributed by atoms with Gasteiger partial charge in [-0.05, 0) is 6.42 Å². The Bertz CT molecular complexity index is 256. The summed E-state index contributed by atoms with van der Waals surface area (Å²) in [6, 6.07) is 0. The summed E-state index contributed by atoms with van der Waals surface area (Å²) in [6.07, 6.45) is 1.65. The Hall–Kier alpha value is -1.44. The third-order valence-corrected chi connectivity index (χ3v) is 2.20. The lowest BCUT2D eigenvalue weighted by Gasteiger charge is -2.06. The summed E-state index contributed by atoms with van der Waals surface area (Å²) in [6.45, 7) is 0.598. The molecule has 0 aromatic heterocycles. The lowest BCUT2D eigenvalue weighted by molar-refractivity contribution is -0.404. The van der Waals surface area contributed by atoms with Crippen LogP contribution in [0.2, 0.25) is 0 Å². The van der Waals surface area contributed by atoms with Crippen molar-refractivity contribution in [3.05, 3.63) is 22.1 Å². The summed E-state index contributed by atoms with van der Waals surface area (Å²) >= 11 is 1.25. The van der Waals surface area contributed by atoms with Gasteiger partial charge in [-0.3, -0.25) is 15.5 Å². The number of nitrogens with one attached hydrogen (secondary N) is 3. The number of hydrogen-bond donors (Lipinski definition) is 4. The Kier molecular flexibility index (Phi) is 7.16. The summed E-state index contributed by atoms with van der Waals surface area (Å²) in [5.41, 5.74) is 5.14. The van der Waals surface area contributed by atoms with E-state index in [1.807, 2.05) is 0 Å². The Labute approximate surface area is 92.1 Å². The predicted octanol–water partition coefficient (Wildman–Crippen LogP) is -0.112. The molecule has 0 saturated heterocycles. The van der Waals surface area contributed by atoms with Gasteiger partial charge in [0.15, 0.2) is 11.0 Å². The van der Waals surface area contributed by atoms with E-state index in [-0.39, 0.29) is 5.17 Å². The van der Waals surface area contributed by atoms with Gasteiger partial charge in [0.2, 0.25) is 0 Å². The number of nitro groups is 1. The van der Waals surface area contributed by atoms with E-state index < -0.39 is 4.92 Å². The zero-order chi connectivity index (χ0) is 11.7. The first-order valence-electron chi connectivity index (χ1n) is 4.30. The fourth-order valence-corrected chi connectivity index (χ4v) is 1.29. The molecule has 5 N–H and O–H groups in total. The van der Waals surface area contributed by atoms with Crippen molar-refractivity contribution in [1.29, 1.82) is 5.41 Å². The second-order valence-electron chi connectivity index (χ2n) is 2.57. The third kappa shape index (κ3) is 8.88. The highest BCUT2D eigenvalue weighted by molar-refractivity contribution is 8.13. The van der Waals surface area contributed by atoms with E-state index in [0.717, 1.165) is 18.4 Å². The van der Waals surface area contributed by atoms with Gasteiger partial charge in [-0.25, -0.2) is 0 Å². The topological polar surface area (TPSA) is 117 Å².